The molecule has 1 aromatic heterocycles. The number of piperazine rings is 1. The third-order valence-corrected chi connectivity index (χ3v) is 5.46. The first-order valence-corrected chi connectivity index (χ1v) is 11.2. The molecular formula is C22H31ClN4O3. The Balaban J connectivity index is 1.73. The molecule has 7 nitrogen and oxygen atoms in total. The zero-order valence-electron chi connectivity index (χ0n) is 17.4. The van der Waals surface area contributed by atoms with Crippen LogP contribution in [0.2, 0.25) is 5.02 Å². The van der Waals surface area contributed by atoms with Gasteiger partial charge in [-0.3, -0.25) is 4.79 Å². The van der Waals surface area contributed by atoms with Crippen LogP contribution in [0.1, 0.15) is 38.5 Å². The van der Waals surface area contributed by atoms with Gasteiger partial charge in [-0.1, -0.05) is 43.4 Å². The summed E-state index contributed by atoms with van der Waals surface area (Å²) in [7, 11) is 0. The quantitative estimate of drug-likeness (QED) is 0.529. The maximum absolute atomic E-state index is 13.2. The van der Waals surface area contributed by atoms with Gasteiger partial charge < -0.3 is 20.1 Å². The molecule has 1 aliphatic heterocycles. The van der Waals surface area contributed by atoms with Crippen LogP contribution in [-0.4, -0.2) is 54.3 Å². The Morgan fingerprint density at radius 3 is 2.57 bits per heavy atom. The SMILES string of the molecule is O=c1c(OCCCCCCCCO)c(N2CCNCC2)cnn1-c1cccc(Cl)c1. The minimum Gasteiger partial charge on any atom is -0.486 e. The molecule has 0 spiro atoms. The first-order chi connectivity index (χ1) is 14.7. The van der Waals surface area contributed by atoms with Crippen LogP contribution >= 0.6 is 11.6 Å². The van der Waals surface area contributed by atoms with Crippen LogP contribution in [0.4, 0.5) is 5.69 Å². The van der Waals surface area contributed by atoms with Crippen molar-refractivity contribution in [2.45, 2.75) is 38.5 Å². The fourth-order valence-corrected chi connectivity index (χ4v) is 3.77. The highest BCUT2D eigenvalue weighted by Crippen LogP contribution is 2.25. The summed E-state index contributed by atoms with van der Waals surface area (Å²) in [6, 6.07) is 7.09. The smallest absolute Gasteiger partial charge is 0.316 e. The van der Waals surface area contributed by atoms with E-state index >= 15 is 0 Å². The van der Waals surface area contributed by atoms with Crippen molar-refractivity contribution in [2.75, 3.05) is 44.3 Å². The number of benzene rings is 1. The molecule has 1 aromatic carbocycles. The summed E-state index contributed by atoms with van der Waals surface area (Å²) in [5, 5.41) is 17.1. The minimum absolute atomic E-state index is 0.263. The predicted octanol–water partition coefficient (Wildman–Crippen LogP) is 3.01. The summed E-state index contributed by atoms with van der Waals surface area (Å²) in [5.74, 6) is 0.354. The van der Waals surface area contributed by atoms with E-state index in [-0.39, 0.29) is 12.2 Å². The lowest BCUT2D eigenvalue weighted by Gasteiger charge is -2.30. The zero-order valence-corrected chi connectivity index (χ0v) is 18.1. The molecule has 164 valence electrons. The van der Waals surface area contributed by atoms with Gasteiger partial charge in [0.15, 0.2) is 0 Å². The molecule has 0 amide bonds. The highest BCUT2D eigenvalue weighted by Gasteiger charge is 2.20. The van der Waals surface area contributed by atoms with E-state index < -0.39 is 0 Å². The third kappa shape index (κ3) is 6.20. The first-order valence-electron chi connectivity index (χ1n) is 10.8. The van der Waals surface area contributed by atoms with E-state index in [1.54, 1.807) is 30.5 Å². The monoisotopic (exact) mass is 434 g/mol. The van der Waals surface area contributed by atoms with Gasteiger partial charge in [0.25, 0.3) is 0 Å². The molecule has 30 heavy (non-hydrogen) atoms. The van der Waals surface area contributed by atoms with Crippen LogP contribution in [0, 0.1) is 0 Å². The molecule has 0 unspecified atom stereocenters. The number of hydrogen-bond donors (Lipinski definition) is 2. The number of aliphatic hydroxyl groups is 1. The summed E-state index contributed by atoms with van der Waals surface area (Å²) in [4.78, 5) is 15.4. The minimum atomic E-state index is -0.267. The van der Waals surface area contributed by atoms with Gasteiger partial charge in [0, 0.05) is 37.8 Å². The second-order valence-electron chi connectivity index (χ2n) is 7.49. The second kappa shape index (κ2) is 11.9. The number of nitrogens with one attached hydrogen (secondary N) is 1. The molecule has 3 rings (SSSR count). The molecule has 8 heteroatoms. The molecule has 1 aliphatic rings. The van der Waals surface area contributed by atoms with Crippen LogP contribution in [0.3, 0.4) is 0 Å². The summed E-state index contributed by atoms with van der Waals surface area (Å²) < 4.78 is 7.38. The van der Waals surface area contributed by atoms with E-state index in [0.29, 0.717) is 23.1 Å². The Hall–Kier alpha value is -2.09. The highest BCUT2D eigenvalue weighted by molar-refractivity contribution is 6.30. The number of aromatic nitrogens is 2. The topological polar surface area (TPSA) is 79.6 Å². The summed E-state index contributed by atoms with van der Waals surface area (Å²) >= 11 is 6.10. The van der Waals surface area contributed by atoms with Gasteiger partial charge in [-0.25, -0.2) is 0 Å². The van der Waals surface area contributed by atoms with Crippen molar-refractivity contribution in [3.63, 3.8) is 0 Å². The van der Waals surface area contributed by atoms with Crippen LogP contribution in [0.5, 0.6) is 5.75 Å². The zero-order chi connectivity index (χ0) is 21.2. The number of aliphatic hydroxyl groups excluding tert-OH is 1. The van der Waals surface area contributed by atoms with Gasteiger partial charge in [0.1, 0.15) is 5.69 Å². The summed E-state index contributed by atoms with van der Waals surface area (Å²) in [6.45, 7) is 4.11. The average Bonchev–Trinajstić information content (AvgIpc) is 2.77. The van der Waals surface area contributed by atoms with E-state index in [1.165, 1.54) is 4.68 Å². The molecule has 2 aromatic rings. The lowest BCUT2D eigenvalue weighted by molar-refractivity contribution is 0.279. The molecule has 0 saturated carbocycles. The average molecular weight is 435 g/mol. The van der Waals surface area contributed by atoms with Crippen LogP contribution in [0.15, 0.2) is 35.3 Å². The van der Waals surface area contributed by atoms with Crippen LogP contribution < -0.4 is 20.5 Å². The molecule has 1 fully saturated rings. The largest absolute Gasteiger partial charge is 0.486 e. The Labute approximate surface area is 182 Å². The predicted molar refractivity (Wildman–Crippen MR) is 120 cm³/mol. The summed E-state index contributed by atoms with van der Waals surface area (Å²) in [5.41, 5.74) is 1.10. The first kappa shape index (κ1) is 22.6. The van der Waals surface area contributed by atoms with Crippen molar-refractivity contribution in [3.05, 3.63) is 45.8 Å². The van der Waals surface area contributed by atoms with Crippen molar-refractivity contribution in [1.82, 2.24) is 15.1 Å². The molecular weight excluding hydrogens is 404 g/mol. The number of hydrogen-bond acceptors (Lipinski definition) is 6. The Kier molecular flexibility index (Phi) is 8.99. The van der Waals surface area contributed by atoms with Gasteiger partial charge in [-0.15, -0.1) is 0 Å². The Morgan fingerprint density at radius 2 is 1.83 bits per heavy atom. The molecule has 0 bridgehead atoms. The maximum Gasteiger partial charge on any atom is 0.316 e. The fraction of sp³-hybridized carbons (Fsp3) is 0.545. The Morgan fingerprint density at radius 1 is 1.10 bits per heavy atom. The molecule has 1 saturated heterocycles. The Bertz CT molecular complexity index is 853. The number of ether oxygens (including phenoxy) is 1. The van der Waals surface area contributed by atoms with Gasteiger partial charge in [-0.2, -0.15) is 9.78 Å². The normalized spacial score (nSPS) is 14.1. The number of unbranched alkanes of at least 4 members (excludes halogenated alkanes) is 5. The molecule has 0 atom stereocenters. The lowest BCUT2D eigenvalue weighted by Crippen LogP contribution is -2.44. The number of nitrogens with zero attached hydrogens (tertiary/aromatic N) is 3. The van der Waals surface area contributed by atoms with E-state index in [2.05, 4.69) is 15.3 Å². The molecule has 0 aliphatic carbocycles. The van der Waals surface area contributed by atoms with Gasteiger partial charge in [0.05, 0.1) is 18.5 Å². The standard InChI is InChI=1S/C22H31ClN4O3/c23-18-8-7-9-19(16-18)27-22(29)21(30-15-6-4-2-1-3-5-14-28)20(17-25-27)26-12-10-24-11-13-26/h7-9,16-17,24,28H,1-6,10-15H2. The highest BCUT2D eigenvalue weighted by atomic mass is 35.5. The van der Waals surface area contributed by atoms with Crippen molar-refractivity contribution in [1.29, 1.82) is 0 Å². The van der Waals surface area contributed by atoms with Gasteiger partial charge in [-0.05, 0) is 31.0 Å². The molecule has 0 radical (unpaired) electrons. The van der Waals surface area contributed by atoms with Crippen molar-refractivity contribution in [3.8, 4) is 11.4 Å². The van der Waals surface area contributed by atoms with Gasteiger partial charge in [0.2, 0.25) is 5.75 Å². The van der Waals surface area contributed by atoms with Crippen molar-refractivity contribution < 1.29 is 9.84 Å². The van der Waals surface area contributed by atoms with Crippen LogP contribution in [-0.2, 0) is 0 Å². The lowest BCUT2D eigenvalue weighted by atomic mass is 10.1. The van der Waals surface area contributed by atoms with E-state index in [9.17, 15) is 4.79 Å². The third-order valence-electron chi connectivity index (χ3n) is 5.22. The molecule has 2 N–H and O–H groups in total. The van der Waals surface area contributed by atoms with E-state index in [4.69, 9.17) is 21.4 Å². The van der Waals surface area contributed by atoms with E-state index in [1.807, 2.05) is 0 Å². The van der Waals surface area contributed by atoms with E-state index in [0.717, 1.165) is 70.4 Å². The van der Waals surface area contributed by atoms with Crippen LogP contribution in [0.25, 0.3) is 5.69 Å². The number of rotatable bonds is 11. The van der Waals surface area contributed by atoms with Gasteiger partial charge >= 0.3 is 5.56 Å². The molecule has 2 heterocycles. The number of anilines is 1. The number of halogens is 1. The van der Waals surface area contributed by atoms with Crippen molar-refractivity contribution in [2.24, 2.45) is 0 Å². The van der Waals surface area contributed by atoms with Crippen molar-refractivity contribution >= 4 is 17.3 Å². The summed E-state index contributed by atoms with van der Waals surface area (Å²) in [6.07, 6.45) is 7.79. The maximum atomic E-state index is 13.2. The fourth-order valence-electron chi connectivity index (χ4n) is 3.58. The second-order valence-corrected chi connectivity index (χ2v) is 7.92.